The number of piperazine rings is 1. The van der Waals surface area contributed by atoms with Crippen LogP contribution in [0.2, 0.25) is 0 Å². The monoisotopic (exact) mass is 513 g/mol. The van der Waals surface area contributed by atoms with Crippen LogP contribution in [0.15, 0.2) is 60.8 Å². The van der Waals surface area contributed by atoms with Crippen molar-refractivity contribution in [2.24, 2.45) is 0 Å². The number of aromatic nitrogens is 2. The number of thiophene rings is 1. The van der Waals surface area contributed by atoms with Gasteiger partial charge >= 0.3 is 5.97 Å². The van der Waals surface area contributed by atoms with Gasteiger partial charge in [0.25, 0.3) is 0 Å². The minimum atomic E-state index is -0.319. The lowest BCUT2D eigenvalue weighted by Gasteiger charge is -2.35. The Morgan fingerprint density at radius 1 is 1.00 bits per heavy atom. The lowest BCUT2D eigenvalue weighted by Crippen LogP contribution is -2.44. The zero-order chi connectivity index (χ0) is 25.8. The van der Waals surface area contributed by atoms with E-state index < -0.39 is 0 Å². The minimum Gasteiger partial charge on any atom is -0.462 e. The number of hydrogen-bond acceptors (Lipinski definition) is 8. The minimum absolute atomic E-state index is 0.319. The molecule has 5 rings (SSSR count). The summed E-state index contributed by atoms with van der Waals surface area (Å²) in [6.45, 7) is 9.51. The summed E-state index contributed by atoms with van der Waals surface area (Å²) in [5.74, 6) is 1.13. The van der Waals surface area contributed by atoms with Crippen molar-refractivity contribution in [1.29, 1.82) is 0 Å². The number of ether oxygens (including phenoxy) is 1. The first-order valence-corrected chi connectivity index (χ1v) is 13.4. The molecule has 2 aromatic heterocycles. The van der Waals surface area contributed by atoms with Crippen LogP contribution in [0.5, 0.6) is 0 Å². The van der Waals surface area contributed by atoms with Crippen molar-refractivity contribution >= 4 is 51.1 Å². The molecule has 0 bridgehead atoms. The van der Waals surface area contributed by atoms with Gasteiger partial charge in [-0.3, -0.25) is 0 Å². The predicted molar refractivity (Wildman–Crippen MR) is 152 cm³/mol. The number of carbonyl (C=O) groups excluding carboxylic acids is 1. The molecule has 1 N–H and O–H groups in total. The Balaban J connectivity index is 1.42. The second kappa shape index (κ2) is 11.0. The number of anilines is 3. The third kappa shape index (κ3) is 5.44. The number of nitrogens with zero attached hydrogens (tertiary/aromatic N) is 4. The third-order valence-corrected chi connectivity index (χ3v) is 7.66. The number of esters is 1. The van der Waals surface area contributed by atoms with Gasteiger partial charge in [-0.15, -0.1) is 11.3 Å². The highest BCUT2D eigenvalue weighted by Crippen LogP contribution is 2.37. The van der Waals surface area contributed by atoms with E-state index in [9.17, 15) is 4.79 Å². The van der Waals surface area contributed by atoms with Crippen molar-refractivity contribution in [3.05, 3.63) is 82.4 Å². The molecule has 0 atom stereocenters. The van der Waals surface area contributed by atoms with E-state index in [-0.39, 0.29) is 5.97 Å². The van der Waals surface area contributed by atoms with E-state index in [0.29, 0.717) is 18.0 Å². The van der Waals surface area contributed by atoms with Gasteiger partial charge in [-0.2, -0.15) is 0 Å². The molecule has 7 nitrogen and oxygen atoms in total. The zero-order valence-corrected chi connectivity index (χ0v) is 22.2. The molecule has 4 aromatic rings. The number of aryl methyl sites for hydroxylation is 1. The van der Waals surface area contributed by atoms with E-state index in [1.54, 1.807) is 11.3 Å². The van der Waals surface area contributed by atoms with Crippen LogP contribution in [0, 0.1) is 13.8 Å². The molecule has 0 saturated carbocycles. The van der Waals surface area contributed by atoms with E-state index in [4.69, 9.17) is 14.7 Å². The van der Waals surface area contributed by atoms with Crippen LogP contribution in [-0.4, -0.2) is 53.6 Å². The van der Waals surface area contributed by atoms with Crippen molar-refractivity contribution in [3.8, 4) is 0 Å². The van der Waals surface area contributed by atoms with Crippen molar-refractivity contribution < 1.29 is 9.53 Å². The molecule has 2 aromatic carbocycles. The first kappa shape index (κ1) is 24.8. The summed E-state index contributed by atoms with van der Waals surface area (Å²) < 4.78 is 5.35. The molecule has 37 heavy (non-hydrogen) atoms. The molecule has 3 heterocycles. The Morgan fingerprint density at radius 2 is 1.68 bits per heavy atom. The molecular formula is C29H31N5O2S. The van der Waals surface area contributed by atoms with Crippen LogP contribution in [0.1, 0.15) is 33.3 Å². The third-order valence-electron chi connectivity index (χ3n) is 6.54. The van der Waals surface area contributed by atoms with Gasteiger partial charge in [0, 0.05) is 31.1 Å². The molecular weight excluding hydrogens is 482 g/mol. The van der Waals surface area contributed by atoms with E-state index in [1.807, 2.05) is 51.1 Å². The van der Waals surface area contributed by atoms with Crippen molar-refractivity contribution in [3.63, 3.8) is 0 Å². The number of para-hydroxylation sites is 2. The fourth-order valence-electron chi connectivity index (χ4n) is 4.41. The maximum absolute atomic E-state index is 12.8. The SMILES string of the molecule is CCOC(=O)c1c(Nc2nc3ccccc3nc2N2CCN(C=Cc3ccccc3)CC2)sc(C)c1C. The molecule has 1 saturated heterocycles. The summed E-state index contributed by atoms with van der Waals surface area (Å²) in [6, 6.07) is 18.2. The van der Waals surface area contributed by atoms with Gasteiger partial charge in [0.05, 0.1) is 23.2 Å². The quantitative estimate of drug-likeness (QED) is 0.303. The Labute approximate surface area is 221 Å². The lowest BCUT2D eigenvalue weighted by molar-refractivity contribution is 0.0527. The highest BCUT2D eigenvalue weighted by atomic mass is 32.1. The predicted octanol–water partition coefficient (Wildman–Crippen LogP) is 6.02. The van der Waals surface area contributed by atoms with Crippen LogP contribution >= 0.6 is 11.3 Å². The topological polar surface area (TPSA) is 70.6 Å². The number of carbonyl (C=O) groups is 1. The van der Waals surface area contributed by atoms with Gasteiger partial charge in [-0.25, -0.2) is 14.8 Å². The number of rotatable bonds is 7. The van der Waals surface area contributed by atoms with Gasteiger partial charge < -0.3 is 19.9 Å². The standard InChI is InChI=1S/C29H31N5O2S/c1-4-36-29(35)25-20(2)21(3)37-28(25)32-26-27(31-24-13-9-8-12-23(24)30-26)34-18-16-33(17-19-34)15-14-22-10-6-5-7-11-22/h5-15H,4,16-19H2,1-3H3,(H,30,32). The van der Waals surface area contributed by atoms with E-state index in [1.165, 1.54) is 5.56 Å². The molecule has 0 radical (unpaired) electrons. The second-order valence-corrected chi connectivity index (χ2v) is 10.2. The second-order valence-electron chi connectivity index (χ2n) is 8.97. The fourth-order valence-corrected chi connectivity index (χ4v) is 5.45. The smallest absolute Gasteiger partial charge is 0.341 e. The van der Waals surface area contributed by atoms with Crippen LogP contribution in [0.25, 0.3) is 17.1 Å². The van der Waals surface area contributed by atoms with Gasteiger partial charge in [0.1, 0.15) is 5.00 Å². The van der Waals surface area contributed by atoms with Crippen molar-refractivity contribution in [1.82, 2.24) is 14.9 Å². The summed E-state index contributed by atoms with van der Waals surface area (Å²) >= 11 is 1.54. The Morgan fingerprint density at radius 3 is 2.38 bits per heavy atom. The molecule has 0 unspecified atom stereocenters. The van der Waals surface area contributed by atoms with E-state index in [0.717, 1.165) is 58.5 Å². The first-order chi connectivity index (χ1) is 18.0. The van der Waals surface area contributed by atoms with Crippen LogP contribution < -0.4 is 10.2 Å². The summed E-state index contributed by atoms with van der Waals surface area (Å²) in [4.78, 5) is 28.4. The Bertz CT molecular complexity index is 1430. The average molecular weight is 514 g/mol. The molecule has 8 heteroatoms. The molecule has 0 spiro atoms. The molecule has 1 aliphatic heterocycles. The van der Waals surface area contributed by atoms with Crippen molar-refractivity contribution in [2.75, 3.05) is 43.0 Å². The lowest BCUT2D eigenvalue weighted by atomic mass is 10.1. The molecule has 1 fully saturated rings. The summed E-state index contributed by atoms with van der Waals surface area (Å²) in [5, 5.41) is 4.20. The summed E-state index contributed by atoms with van der Waals surface area (Å²) in [7, 11) is 0. The molecule has 0 amide bonds. The fraction of sp³-hybridized carbons (Fsp3) is 0.276. The zero-order valence-electron chi connectivity index (χ0n) is 21.4. The summed E-state index contributed by atoms with van der Waals surface area (Å²) in [5.41, 5.74) is 4.34. The molecule has 190 valence electrons. The number of fused-ring (bicyclic) bond motifs is 1. The maximum atomic E-state index is 12.8. The average Bonchev–Trinajstić information content (AvgIpc) is 3.20. The first-order valence-electron chi connectivity index (χ1n) is 12.6. The van der Waals surface area contributed by atoms with Crippen LogP contribution in [-0.2, 0) is 4.74 Å². The van der Waals surface area contributed by atoms with Crippen molar-refractivity contribution in [2.45, 2.75) is 20.8 Å². The van der Waals surface area contributed by atoms with Gasteiger partial charge in [0.15, 0.2) is 11.6 Å². The van der Waals surface area contributed by atoms with Gasteiger partial charge in [0.2, 0.25) is 0 Å². The highest BCUT2D eigenvalue weighted by molar-refractivity contribution is 7.16. The van der Waals surface area contributed by atoms with Crippen LogP contribution in [0.4, 0.5) is 16.6 Å². The van der Waals surface area contributed by atoms with E-state index >= 15 is 0 Å². The summed E-state index contributed by atoms with van der Waals surface area (Å²) in [6.07, 6.45) is 4.32. The number of nitrogens with one attached hydrogen (secondary N) is 1. The normalized spacial score (nSPS) is 13.9. The molecule has 0 aliphatic carbocycles. The molecule has 1 aliphatic rings. The van der Waals surface area contributed by atoms with Crippen LogP contribution in [0.3, 0.4) is 0 Å². The Kier molecular flexibility index (Phi) is 7.37. The number of benzene rings is 2. The maximum Gasteiger partial charge on any atom is 0.341 e. The largest absolute Gasteiger partial charge is 0.462 e. The van der Waals surface area contributed by atoms with Gasteiger partial charge in [-0.1, -0.05) is 42.5 Å². The highest BCUT2D eigenvalue weighted by Gasteiger charge is 2.25. The Hall–Kier alpha value is -3.91. The number of hydrogen-bond donors (Lipinski definition) is 1. The van der Waals surface area contributed by atoms with E-state index in [2.05, 4.69) is 51.7 Å². The van der Waals surface area contributed by atoms with Gasteiger partial charge in [-0.05, 0) is 56.3 Å².